The fourth-order valence-electron chi connectivity index (χ4n) is 7.05. The van der Waals surface area contributed by atoms with Crippen molar-refractivity contribution >= 4 is 17.6 Å². The Kier molecular flexibility index (Phi) is 11.7. The molecular formula is C38H40ClN3O12. The minimum atomic E-state index is -1.58. The van der Waals surface area contributed by atoms with Crippen LogP contribution in [0.2, 0.25) is 5.02 Å². The van der Waals surface area contributed by atoms with Crippen molar-refractivity contribution in [2.24, 2.45) is 5.11 Å². The quantitative estimate of drug-likeness (QED) is 0.0822. The summed E-state index contributed by atoms with van der Waals surface area (Å²) in [5, 5.41) is 13.5. The molecule has 286 valence electrons. The van der Waals surface area contributed by atoms with Gasteiger partial charge in [0.15, 0.2) is 47.0 Å². The van der Waals surface area contributed by atoms with Gasteiger partial charge < -0.3 is 52.5 Å². The first-order valence-electron chi connectivity index (χ1n) is 16.9. The highest BCUT2D eigenvalue weighted by Gasteiger charge is 2.64. The molecule has 0 amide bonds. The molecule has 2 aliphatic heterocycles. The Balaban J connectivity index is 1.50. The molecule has 4 aliphatic rings. The number of hydrogen-bond donors (Lipinski definition) is 1. The molecule has 0 aromatic heterocycles. The number of carbonyl (C=O) groups is 1. The summed E-state index contributed by atoms with van der Waals surface area (Å²) in [6.45, 7) is 3.22. The Bertz CT molecular complexity index is 1950. The number of halogens is 1. The molecule has 15 nitrogen and oxygen atoms in total. The van der Waals surface area contributed by atoms with Gasteiger partial charge in [0.05, 0.1) is 38.3 Å². The van der Waals surface area contributed by atoms with Gasteiger partial charge in [0.2, 0.25) is 0 Å². The smallest absolute Gasteiger partial charge is 0.306 e. The Morgan fingerprint density at radius 3 is 2.52 bits per heavy atom. The molecule has 0 radical (unpaired) electrons. The number of carboxylic acid groups (broad SMARTS) is 1. The van der Waals surface area contributed by atoms with Crippen molar-refractivity contribution in [2.75, 3.05) is 41.8 Å². The molecule has 16 heteroatoms. The van der Waals surface area contributed by atoms with Crippen molar-refractivity contribution in [2.45, 2.75) is 80.5 Å². The van der Waals surface area contributed by atoms with Crippen LogP contribution in [0.1, 0.15) is 50.2 Å². The van der Waals surface area contributed by atoms with Crippen molar-refractivity contribution in [3.05, 3.63) is 74.6 Å². The molecule has 2 saturated heterocycles. The van der Waals surface area contributed by atoms with E-state index < -0.39 is 66.2 Å². The number of carboxylic acids is 1. The molecule has 8 atom stereocenters. The van der Waals surface area contributed by atoms with Crippen LogP contribution in [0.15, 0.2) is 53.2 Å². The zero-order valence-electron chi connectivity index (χ0n) is 30.5. The second-order valence-electron chi connectivity index (χ2n) is 13.1. The number of azide groups is 1. The van der Waals surface area contributed by atoms with Gasteiger partial charge in [-0.15, -0.1) is 0 Å². The molecule has 2 aromatic rings. The summed E-state index contributed by atoms with van der Waals surface area (Å²) in [5.74, 6) is 11.7. The molecule has 54 heavy (non-hydrogen) atoms. The molecule has 2 spiro atoms. The topological polar surface area (TPSA) is 178 Å². The second kappa shape index (κ2) is 16.1. The van der Waals surface area contributed by atoms with Gasteiger partial charge in [0.25, 0.3) is 0 Å². The van der Waals surface area contributed by atoms with Crippen molar-refractivity contribution < 1.29 is 57.3 Å². The highest BCUT2D eigenvalue weighted by Crippen LogP contribution is 2.52. The van der Waals surface area contributed by atoms with Gasteiger partial charge in [-0.1, -0.05) is 64.7 Å². The maximum absolute atomic E-state index is 11.8. The zero-order valence-corrected chi connectivity index (χ0v) is 31.2. The Hall–Kier alpha value is -4.51. The maximum Gasteiger partial charge on any atom is 0.306 e. The van der Waals surface area contributed by atoms with E-state index in [0.29, 0.717) is 28.9 Å². The van der Waals surface area contributed by atoms with E-state index in [1.54, 1.807) is 57.4 Å². The standard InChI is InChI=1S/C38H40ClN3O12/c1-36(2)52-30-14-9-23-17-18-37(31(20-41-42-40)51-35(53-37)22-7-10-24(46-4)11-8-22)28(48-6)15-16-29(38(23,30)54-36)50-34-26(47-5)13-12-25(33(34)39)27(19-32(43)44)49-21-45-3/h7-13,27-31,35H,14,19-21H2,1-6H3,(H,43,44)/t27-,28-,29?,30-,31-,35-,37+,38-/m1/s1. The molecule has 2 heterocycles. The van der Waals surface area contributed by atoms with Crippen molar-refractivity contribution in [1.29, 1.82) is 0 Å². The van der Waals surface area contributed by atoms with Crippen molar-refractivity contribution in [1.82, 2.24) is 0 Å². The third-order valence-corrected chi connectivity index (χ3v) is 9.83. The summed E-state index contributed by atoms with van der Waals surface area (Å²) < 4.78 is 60.8. The number of ether oxygens (including phenoxy) is 10. The molecule has 1 unspecified atom stereocenters. The average Bonchev–Trinajstić information content (AvgIpc) is 3.79. The fourth-order valence-corrected chi connectivity index (χ4v) is 7.37. The summed E-state index contributed by atoms with van der Waals surface area (Å²) in [6, 6.07) is 10.3. The minimum absolute atomic E-state index is 0.0307. The number of aliphatic carboxylic acids is 1. The molecule has 0 saturated carbocycles. The van der Waals surface area contributed by atoms with Crippen LogP contribution < -0.4 is 14.2 Å². The van der Waals surface area contributed by atoms with Crippen LogP contribution in [0.25, 0.3) is 10.4 Å². The van der Waals surface area contributed by atoms with Gasteiger partial charge in [-0.2, -0.15) is 0 Å². The number of rotatable bonds is 14. The van der Waals surface area contributed by atoms with Gasteiger partial charge in [0.1, 0.15) is 24.8 Å². The first-order valence-corrected chi connectivity index (χ1v) is 17.3. The van der Waals surface area contributed by atoms with E-state index in [1.165, 1.54) is 21.3 Å². The third kappa shape index (κ3) is 7.31. The first-order chi connectivity index (χ1) is 25.9. The lowest BCUT2D eigenvalue weighted by Crippen LogP contribution is -2.52. The maximum atomic E-state index is 11.8. The van der Waals surface area contributed by atoms with Crippen LogP contribution in [0.5, 0.6) is 17.2 Å². The summed E-state index contributed by atoms with van der Waals surface area (Å²) in [4.78, 5) is 14.8. The van der Waals surface area contributed by atoms with Crippen LogP contribution in [0, 0.1) is 23.7 Å². The Morgan fingerprint density at radius 1 is 1.09 bits per heavy atom. The predicted octanol–water partition coefficient (Wildman–Crippen LogP) is 5.66. The van der Waals surface area contributed by atoms with Gasteiger partial charge in [-0.25, -0.2) is 0 Å². The molecule has 0 bridgehead atoms. The van der Waals surface area contributed by atoms with Crippen LogP contribution in [-0.4, -0.2) is 94.3 Å². The highest BCUT2D eigenvalue weighted by atomic mass is 35.5. The normalized spacial score (nSPS) is 29.4. The predicted molar refractivity (Wildman–Crippen MR) is 191 cm³/mol. The van der Waals surface area contributed by atoms with Gasteiger partial charge in [-0.3, -0.25) is 4.79 Å². The molecule has 1 N–H and O–H groups in total. The summed E-state index contributed by atoms with van der Waals surface area (Å²) in [6.07, 6.45) is -3.85. The van der Waals surface area contributed by atoms with Crippen molar-refractivity contribution in [3.8, 4) is 40.9 Å². The van der Waals surface area contributed by atoms with E-state index in [4.69, 9.17) is 59.0 Å². The van der Waals surface area contributed by atoms with Crippen molar-refractivity contribution in [3.63, 3.8) is 0 Å². The average molecular weight is 766 g/mol. The largest absolute Gasteiger partial charge is 0.497 e. The van der Waals surface area contributed by atoms with Crippen LogP contribution in [0.4, 0.5) is 0 Å². The van der Waals surface area contributed by atoms with Gasteiger partial charge in [0, 0.05) is 35.8 Å². The number of methoxy groups -OCH3 is 4. The summed E-state index contributed by atoms with van der Waals surface area (Å²) in [7, 11) is 5.89. The van der Waals surface area contributed by atoms with E-state index in [0.717, 1.165) is 0 Å². The minimum Gasteiger partial charge on any atom is -0.497 e. The van der Waals surface area contributed by atoms with Crippen LogP contribution in [0.3, 0.4) is 0 Å². The van der Waals surface area contributed by atoms with E-state index in [-0.39, 0.29) is 29.9 Å². The van der Waals surface area contributed by atoms with E-state index in [1.807, 2.05) is 6.08 Å². The fraction of sp³-hybridized carbons (Fsp3) is 0.500. The lowest BCUT2D eigenvalue weighted by molar-refractivity contribution is -0.166. The van der Waals surface area contributed by atoms with E-state index in [9.17, 15) is 15.4 Å². The Labute approximate surface area is 317 Å². The van der Waals surface area contributed by atoms with Gasteiger partial charge >= 0.3 is 5.97 Å². The molecule has 6 rings (SSSR count). The van der Waals surface area contributed by atoms with Crippen LogP contribution >= 0.6 is 11.6 Å². The number of hydrogen-bond acceptors (Lipinski definition) is 12. The molecule has 2 aromatic carbocycles. The van der Waals surface area contributed by atoms with Gasteiger partial charge in [-0.05, 0) is 44.0 Å². The molecular weight excluding hydrogens is 726 g/mol. The van der Waals surface area contributed by atoms with E-state index in [2.05, 4.69) is 33.7 Å². The lowest BCUT2D eigenvalue weighted by atomic mass is 9.87. The number of nitrogens with zero attached hydrogens (tertiary/aromatic N) is 3. The number of benzene rings is 2. The van der Waals surface area contributed by atoms with E-state index >= 15 is 0 Å². The molecule has 2 aliphatic carbocycles. The monoisotopic (exact) mass is 765 g/mol. The third-order valence-electron chi connectivity index (χ3n) is 9.44. The second-order valence-corrected chi connectivity index (χ2v) is 13.5. The zero-order chi connectivity index (χ0) is 38.7. The SMILES string of the molecule is COCO[C@H](CC(=O)O)c1ccc(OC)c(OC2C#C[C@@H](OC)[C@]3(C#CC4=CC[C@H]5OC(C)(C)O[C@]425)O[C@H](c2ccc(OC)cc2)O[C@@H]3CN=[N+]=[N-])c1Cl. The lowest BCUT2D eigenvalue weighted by Gasteiger charge is -2.35. The molecule has 2 fully saturated rings. The van der Waals surface area contributed by atoms with Crippen LogP contribution in [-0.2, 0) is 38.0 Å². The first kappa shape index (κ1) is 39.2. The summed E-state index contributed by atoms with van der Waals surface area (Å²) in [5.41, 5.74) is 7.79. The summed E-state index contributed by atoms with van der Waals surface area (Å²) >= 11 is 7.04. The Morgan fingerprint density at radius 2 is 1.85 bits per heavy atom. The highest BCUT2D eigenvalue weighted by molar-refractivity contribution is 6.33.